The minimum atomic E-state index is -3.82. The van der Waals surface area contributed by atoms with E-state index in [2.05, 4.69) is 16.6 Å². The standard InChI is InChI=1S/C35H48N2O6S/c1-4-14-30(35(41)37-31(23-27-17-10-6-11-18-27)33(39)32(38)21-25(2)3)36-34(40)28(22-26-15-8-5-9-16-26)24-44(42,43)29-19-12-7-13-20-29/h1,5,7-9,12-13,15-16,19-20,25,27-28,30-33,38-39H,6,10-11,14,17-18,21-24H2,2-3H3,(H,36,40)(H,37,41)/t28-,30+,31+,32+,33-/m1/s1. The fourth-order valence-electron chi connectivity index (χ4n) is 5.97. The highest BCUT2D eigenvalue weighted by Crippen LogP contribution is 2.29. The zero-order valence-corrected chi connectivity index (χ0v) is 26.7. The molecule has 3 rings (SSSR count). The average molecular weight is 625 g/mol. The highest BCUT2D eigenvalue weighted by molar-refractivity contribution is 7.91. The number of hydrogen-bond donors (Lipinski definition) is 4. The van der Waals surface area contributed by atoms with Gasteiger partial charge in [0.05, 0.1) is 28.7 Å². The second kappa shape index (κ2) is 17.3. The summed E-state index contributed by atoms with van der Waals surface area (Å²) in [7, 11) is -3.82. The van der Waals surface area contributed by atoms with Crippen molar-refractivity contribution in [3.8, 4) is 12.3 Å². The molecule has 0 unspecified atom stereocenters. The predicted octanol–water partition coefficient (Wildman–Crippen LogP) is 4.05. The fourth-order valence-corrected chi connectivity index (χ4v) is 7.53. The first-order chi connectivity index (χ1) is 21.0. The van der Waals surface area contributed by atoms with Gasteiger partial charge >= 0.3 is 0 Å². The summed E-state index contributed by atoms with van der Waals surface area (Å²) in [6.45, 7) is 3.90. The number of carbonyl (C=O) groups excluding carboxylic acids is 2. The molecule has 8 nitrogen and oxygen atoms in total. The molecule has 9 heteroatoms. The third kappa shape index (κ3) is 11.1. The molecule has 2 aromatic carbocycles. The zero-order chi connectivity index (χ0) is 32.1. The number of terminal acetylenes is 1. The number of aliphatic hydroxyl groups excluding tert-OH is 2. The van der Waals surface area contributed by atoms with Crippen LogP contribution in [0.1, 0.15) is 70.8 Å². The third-order valence-corrected chi connectivity index (χ3v) is 10.2. The van der Waals surface area contributed by atoms with Gasteiger partial charge in [-0.15, -0.1) is 12.3 Å². The van der Waals surface area contributed by atoms with E-state index in [1.165, 1.54) is 12.1 Å². The number of amides is 2. The predicted molar refractivity (Wildman–Crippen MR) is 172 cm³/mol. The number of rotatable bonds is 16. The topological polar surface area (TPSA) is 133 Å². The molecule has 0 spiro atoms. The van der Waals surface area contributed by atoms with Gasteiger partial charge in [0.25, 0.3) is 0 Å². The van der Waals surface area contributed by atoms with Crippen LogP contribution in [0.25, 0.3) is 0 Å². The first kappa shape index (κ1) is 35.3. The van der Waals surface area contributed by atoms with Crippen molar-refractivity contribution >= 4 is 21.7 Å². The molecule has 1 saturated carbocycles. The Labute approximate surface area is 263 Å². The molecule has 2 aromatic rings. The van der Waals surface area contributed by atoms with Crippen LogP contribution in [-0.2, 0) is 25.8 Å². The van der Waals surface area contributed by atoms with E-state index in [0.717, 1.165) is 37.7 Å². The Morgan fingerprint density at radius 2 is 1.55 bits per heavy atom. The highest BCUT2D eigenvalue weighted by atomic mass is 32.2. The van der Waals surface area contributed by atoms with Gasteiger partial charge in [-0.2, -0.15) is 0 Å². The summed E-state index contributed by atoms with van der Waals surface area (Å²) < 4.78 is 26.6. The van der Waals surface area contributed by atoms with Crippen molar-refractivity contribution in [2.75, 3.05) is 5.75 Å². The van der Waals surface area contributed by atoms with Gasteiger partial charge < -0.3 is 20.8 Å². The van der Waals surface area contributed by atoms with Crippen LogP contribution >= 0.6 is 0 Å². The second-order valence-electron chi connectivity index (χ2n) is 12.5. The maximum atomic E-state index is 13.7. The molecule has 0 bridgehead atoms. The molecule has 0 heterocycles. The van der Waals surface area contributed by atoms with E-state index in [9.17, 15) is 28.2 Å². The molecular formula is C35H48N2O6S. The lowest BCUT2D eigenvalue weighted by Crippen LogP contribution is -2.56. The SMILES string of the molecule is C#CC[C@H](NC(=O)[C@H](Cc1ccccc1)CS(=O)(=O)c1ccccc1)C(=O)N[C@@H](CC1CCCCC1)[C@@H](O)[C@@H](O)CC(C)C. The highest BCUT2D eigenvalue weighted by Gasteiger charge is 2.34. The number of sulfone groups is 1. The summed E-state index contributed by atoms with van der Waals surface area (Å²) in [5.41, 5.74) is 0.781. The van der Waals surface area contributed by atoms with Crippen molar-refractivity contribution < 1.29 is 28.2 Å². The minimum absolute atomic E-state index is 0.114. The van der Waals surface area contributed by atoms with Crippen LogP contribution in [0, 0.1) is 30.1 Å². The van der Waals surface area contributed by atoms with Gasteiger partial charge in [-0.1, -0.05) is 94.5 Å². The maximum Gasteiger partial charge on any atom is 0.243 e. The summed E-state index contributed by atoms with van der Waals surface area (Å²) in [4.78, 5) is 27.4. The Balaban J connectivity index is 1.81. The maximum absolute atomic E-state index is 13.7. The summed E-state index contributed by atoms with van der Waals surface area (Å²) in [5, 5.41) is 27.5. The van der Waals surface area contributed by atoms with Crippen molar-refractivity contribution in [3.05, 3.63) is 66.2 Å². The van der Waals surface area contributed by atoms with E-state index in [1.807, 2.05) is 44.2 Å². The summed E-state index contributed by atoms with van der Waals surface area (Å²) in [5.74, 6) is 0.269. The fraction of sp³-hybridized carbons (Fsp3) is 0.543. The molecule has 0 aliphatic heterocycles. The van der Waals surface area contributed by atoms with E-state index in [4.69, 9.17) is 6.42 Å². The first-order valence-electron chi connectivity index (χ1n) is 15.7. The lowest BCUT2D eigenvalue weighted by atomic mass is 9.82. The van der Waals surface area contributed by atoms with Gasteiger partial charge in [0.15, 0.2) is 9.84 Å². The lowest BCUT2D eigenvalue weighted by Gasteiger charge is -2.33. The lowest BCUT2D eigenvalue weighted by molar-refractivity contribution is -0.132. The number of carbonyl (C=O) groups is 2. The summed E-state index contributed by atoms with van der Waals surface area (Å²) in [6, 6.07) is 15.2. The van der Waals surface area contributed by atoms with Gasteiger partial charge in [0, 0.05) is 6.42 Å². The molecule has 240 valence electrons. The van der Waals surface area contributed by atoms with Crippen molar-refractivity contribution in [3.63, 3.8) is 0 Å². The van der Waals surface area contributed by atoms with E-state index < -0.39 is 57.6 Å². The van der Waals surface area contributed by atoms with E-state index >= 15 is 0 Å². The van der Waals surface area contributed by atoms with Gasteiger partial charge in [-0.25, -0.2) is 8.42 Å². The molecule has 0 saturated heterocycles. The van der Waals surface area contributed by atoms with Crippen LogP contribution < -0.4 is 10.6 Å². The Bertz CT molecular complexity index is 1320. The Kier molecular flexibility index (Phi) is 13.9. The van der Waals surface area contributed by atoms with E-state index in [0.29, 0.717) is 18.8 Å². The van der Waals surface area contributed by atoms with Crippen LogP contribution in [0.5, 0.6) is 0 Å². The monoisotopic (exact) mass is 624 g/mol. The quantitative estimate of drug-likeness (QED) is 0.208. The van der Waals surface area contributed by atoms with Crippen molar-refractivity contribution in [1.82, 2.24) is 10.6 Å². The molecule has 0 aromatic heterocycles. The van der Waals surface area contributed by atoms with E-state index in [1.54, 1.807) is 18.2 Å². The largest absolute Gasteiger partial charge is 0.390 e. The van der Waals surface area contributed by atoms with Gasteiger partial charge in [0.1, 0.15) is 12.1 Å². The van der Waals surface area contributed by atoms with Crippen molar-refractivity contribution in [2.45, 2.75) is 101 Å². The molecule has 2 amide bonds. The number of nitrogens with one attached hydrogen (secondary N) is 2. The van der Waals surface area contributed by atoms with Gasteiger partial charge in [-0.05, 0) is 48.8 Å². The molecule has 0 radical (unpaired) electrons. The molecule has 4 N–H and O–H groups in total. The van der Waals surface area contributed by atoms with Crippen LogP contribution in [0.3, 0.4) is 0 Å². The first-order valence-corrected chi connectivity index (χ1v) is 17.4. The van der Waals surface area contributed by atoms with Crippen LogP contribution in [0.2, 0.25) is 0 Å². The molecular weight excluding hydrogens is 576 g/mol. The van der Waals surface area contributed by atoms with Crippen molar-refractivity contribution in [1.29, 1.82) is 0 Å². The van der Waals surface area contributed by atoms with Gasteiger partial charge in [-0.3, -0.25) is 9.59 Å². The Morgan fingerprint density at radius 3 is 2.14 bits per heavy atom. The smallest absolute Gasteiger partial charge is 0.243 e. The molecule has 1 aliphatic carbocycles. The van der Waals surface area contributed by atoms with E-state index in [-0.39, 0.29) is 23.7 Å². The Hall–Kier alpha value is -3.19. The normalized spacial score (nSPS) is 17.5. The summed E-state index contributed by atoms with van der Waals surface area (Å²) >= 11 is 0. The Morgan fingerprint density at radius 1 is 0.932 bits per heavy atom. The third-order valence-electron chi connectivity index (χ3n) is 8.33. The second-order valence-corrected chi connectivity index (χ2v) is 14.5. The summed E-state index contributed by atoms with van der Waals surface area (Å²) in [6.07, 6.45) is 9.59. The number of benzene rings is 2. The van der Waals surface area contributed by atoms with Crippen LogP contribution in [-0.4, -0.2) is 60.5 Å². The minimum Gasteiger partial charge on any atom is -0.390 e. The molecule has 5 atom stereocenters. The number of hydrogen-bond acceptors (Lipinski definition) is 6. The zero-order valence-electron chi connectivity index (χ0n) is 25.9. The average Bonchev–Trinajstić information content (AvgIpc) is 3.00. The molecule has 1 aliphatic rings. The van der Waals surface area contributed by atoms with Crippen LogP contribution in [0.4, 0.5) is 0 Å². The van der Waals surface area contributed by atoms with Gasteiger partial charge in [0.2, 0.25) is 11.8 Å². The number of aliphatic hydroxyl groups is 2. The van der Waals surface area contributed by atoms with Crippen LogP contribution in [0.15, 0.2) is 65.6 Å². The van der Waals surface area contributed by atoms with Crippen molar-refractivity contribution in [2.24, 2.45) is 17.8 Å². The molecule has 44 heavy (non-hydrogen) atoms. The molecule has 1 fully saturated rings.